The number of para-hydroxylation sites is 1. The van der Waals surface area contributed by atoms with Crippen LogP contribution in [0.3, 0.4) is 0 Å². The predicted molar refractivity (Wildman–Crippen MR) is 136 cm³/mol. The van der Waals surface area contributed by atoms with Gasteiger partial charge in [-0.25, -0.2) is 8.42 Å². The normalized spacial score (nSPS) is 15.3. The van der Waals surface area contributed by atoms with E-state index in [0.717, 1.165) is 12.8 Å². The summed E-state index contributed by atoms with van der Waals surface area (Å²) >= 11 is 0. The number of hydrogen-bond acceptors (Lipinski definition) is 5. The summed E-state index contributed by atoms with van der Waals surface area (Å²) < 4.78 is 36.6. The maximum absolute atomic E-state index is 13.4. The molecule has 1 aliphatic heterocycles. The van der Waals surface area contributed by atoms with Gasteiger partial charge in [-0.05, 0) is 73.7 Å². The molecule has 8 nitrogen and oxygen atoms in total. The van der Waals surface area contributed by atoms with Crippen LogP contribution in [0.25, 0.3) is 0 Å². The van der Waals surface area contributed by atoms with Gasteiger partial charge >= 0.3 is 0 Å². The summed E-state index contributed by atoms with van der Waals surface area (Å²) in [6.07, 6.45) is 3.76. The summed E-state index contributed by atoms with van der Waals surface area (Å²) in [6, 6.07) is 19.9. The van der Waals surface area contributed by atoms with Crippen molar-refractivity contribution < 1.29 is 17.9 Å². The van der Waals surface area contributed by atoms with Gasteiger partial charge in [-0.15, -0.1) is 0 Å². The van der Waals surface area contributed by atoms with Crippen molar-refractivity contribution in [2.75, 3.05) is 13.1 Å². The Balaban J connectivity index is 1.50. The lowest BCUT2D eigenvalue weighted by atomic mass is 9.98. The van der Waals surface area contributed by atoms with Gasteiger partial charge in [0.2, 0.25) is 15.9 Å². The molecule has 1 saturated heterocycles. The average Bonchev–Trinajstić information content (AvgIpc) is 3.35. The Bertz CT molecular complexity index is 1310. The third kappa shape index (κ3) is 6.33. The van der Waals surface area contributed by atoms with E-state index in [4.69, 9.17) is 4.74 Å². The van der Waals surface area contributed by atoms with Crippen molar-refractivity contribution in [1.82, 2.24) is 14.2 Å². The number of likely N-dealkylation sites (tertiary alicyclic amines) is 1. The molecule has 0 aliphatic carbocycles. The molecule has 0 bridgehead atoms. The first-order valence-corrected chi connectivity index (χ1v) is 13.5. The minimum atomic E-state index is -3.98. The standard InChI is InChI=1S/C27H30N4O4S/c1-21-13-17-31(18-14-21)27(32)26(15-19-30-16-5-6-22(30)20-28)29-36(33,34)25-11-9-24(10-12-25)35-23-7-3-2-4-8-23/h2-12,16,21,26,29H,13-15,17-19H2,1H3. The van der Waals surface area contributed by atoms with Crippen LogP contribution in [0.5, 0.6) is 11.5 Å². The van der Waals surface area contributed by atoms with E-state index < -0.39 is 16.1 Å². The molecule has 2 heterocycles. The van der Waals surface area contributed by atoms with Crippen molar-refractivity contribution in [2.24, 2.45) is 5.92 Å². The van der Waals surface area contributed by atoms with Crippen LogP contribution in [0, 0.1) is 17.2 Å². The fourth-order valence-electron chi connectivity index (χ4n) is 4.23. The Kier molecular flexibility index (Phi) is 8.08. The lowest BCUT2D eigenvalue weighted by Crippen LogP contribution is -2.50. The van der Waals surface area contributed by atoms with Crippen LogP contribution >= 0.6 is 0 Å². The molecule has 1 unspecified atom stereocenters. The second kappa shape index (κ2) is 11.4. The van der Waals surface area contributed by atoms with Crippen molar-refractivity contribution in [3.63, 3.8) is 0 Å². The first kappa shape index (κ1) is 25.5. The van der Waals surface area contributed by atoms with Gasteiger partial charge in [-0.1, -0.05) is 25.1 Å². The fraction of sp³-hybridized carbons (Fsp3) is 0.333. The number of sulfonamides is 1. The van der Waals surface area contributed by atoms with Crippen molar-refractivity contribution in [3.8, 4) is 17.6 Å². The zero-order valence-corrected chi connectivity index (χ0v) is 21.0. The second-order valence-corrected chi connectivity index (χ2v) is 10.8. The highest BCUT2D eigenvalue weighted by molar-refractivity contribution is 7.89. The topological polar surface area (TPSA) is 104 Å². The van der Waals surface area contributed by atoms with Crippen LogP contribution in [-0.2, 0) is 21.4 Å². The molecule has 0 saturated carbocycles. The number of aromatic nitrogens is 1. The highest BCUT2D eigenvalue weighted by atomic mass is 32.2. The zero-order valence-electron chi connectivity index (χ0n) is 20.2. The maximum Gasteiger partial charge on any atom is 0.241 e. The quantitative estimate of drug-likeness (QED) is 0.470. The van der Waals surface area contributed by atoms with Gasteiger partial charge in [0, 0.05) is 25.8 Å². The number of carbonyl (C=O) groups is 1. The van der Waals surface area contributed by atoms with E-state index in [1.54, 1.807) is 39.9 Å². The molecule has 1 amide bonds. The third-order valence-electron chi connectivity index (χ3n) is 6.41. The third-order valence-corrected chi connectivity index (χ3v) is 7.89. The number of carbonyl (C=O) groups excluding carboxylic acids is 1. The van der Waals surface area contributed by atoms with E-state index in [-0.39, 0.29) is 17.2 Å². The van der Waals surface area contributed by atoms with Crippen LogP contribution in [0.1, 0.15) is 31.9 Å². The van der Waals surface area contributed by atoms with Crippen LogP contribution in [0.15, 0.2) is 77.8 Å². The number of nitrogens with one attached hydrogen (secondary N) is 1. The molecule has 1 aliphatic rings. The van der Waals surface area contributed by atoms with E-state index in [0.29, 0.717) is 42.7 Å². The van der Waals surface area contributed by atoms with Gasteiger partial charge < -0.3 is 14.2 Å². The highest BCUT2D eigenvalue weighted by Crippen LogP contribution is 2.23. The Labute approximate surface area is 212 Å². The average molecular weight is 507 g/mol. The molecule has 188 valence electrons. The first-order valence-electron chi connectivity index (χ1n) is 12.0. The molecule has 3 aromatic rings. The number of rotatable bonds is 9. The first-order chi connectivity index (χ1) is 17.4. The summed E-state index contributed by atoms with van der Waals surface area (Å²) in [5, 5.41) is 9.29. The Morgan fingerprint density at radius 1 is 1.06 bits per heavy atom. The van der Waals surface area contributed by atoms with Crippen LogP contribution in [0.2, 0.25) is 0 Å². The molecule has 0 radical (unpaired) electrons. The summed E-state index contributed by atoms with van der Waals surface area (Å²) in [5.74, 6) is 1.46. The summed E-state index contributed by atoms with van der Waals surface area (Å²) in [7, 11) is -3.98. The lowest BCUT2D eigenvalue weighted by molar-refractivity contribution is -0.134. The number of amides is 1. The molecular formula is C27H30N4O4S. The summed E-state index contributed by atoms with van der Waals surface area (Å²) in [4.78, 5) is 15.2. The van der Waals surface area contributed by atoms with Gasteiger partial charge in [-0.2, -0.15) is 9.98 Å². The minimum Gasteiger partial charge on any atom is -0.457 e. The Hall–Kier alpha value is -3.61. The van der Waals surface area contributed by atoms with Crippen molar-refractivity contribution in [3.05, 3.63) is 78.6 Å². The Morgan fingerprint density at radius 3 is 2.39 bits per heavy atom. The van der Waals surface area contributed by atoms with Gasteiger partial charge in [0.1, 0.15) is 29.3 Å². The number of aryl methyl sites for hydroxylation is 1. The lowest BCUT2D eigenvalue weighted by Gasteiger charge is -2.33. The van der Waals surface area contributed by atoms with Crippen molar-refractivity contribution >= 4 is 15.9 Å². The number of benzene rings is 2. The van der Waals surface area contributed by atoms with Gasteiger partial charge in [0.05, 0.1) is 4.90 Å². The molecule has 9 heteroatoms. The van der Waals surface area contributed by atoms with E-state index in [1.807, 2.05) is 30.3 Å². The van der Waals surface area contributed by atoms with Gasteiger partial charge in [0.25, 0.3) is 0 Å². The maximum atomic E-state index is 13.4. The van der Waals surface area contributed by atoms with E-state index in [2.05, 4.69) is 17.7 Å². The monoisotopic (exact) mass is 506 g/mol. The molecule has 36 heavy (non-hydrogen) atoms. The van der Waals surface area contributed by atoms with Gasteiger partial charge in [0.15, 0.2) is 0 Å². The van der Waals surface area contributed by atoms with Gasteiger partial charge in [-0.3, -0.25) is 4.79 Å². The fourth-order valence-corrected chi connectivity index (χ4v) is 5.45. The largest absolute Gasteiger partial charge is 0.457 e. The zero-order chi connectivity index (χ0) is 25.5. The van der Waals surface area contributed by atoms with E-state index in [9.17, 15) is 18.5 Å². The smallest absolute Gasteiger partial charge is 0.241 e. The number of ether oxygens (including phenoxy) is 1. The molecule has 0 spiro atoms. The number of hydrogen-bond donors (Lipinski definition) is 1. The SMILES string of the molecule is CC1CCN(C(=O)C(CCn2cccc2C#N)NS(=O)(=O)c2ccc(Oc3ccccc3)cc2)CC1. The number of piperidine rings is 1. The number of nitrogens with zero attached hydrogens (tertiary/aromatic N) is 3. The van der Waals surface area contributed by atoms with Crippen LogP contribution < -0.4 is 9.46 Å². The molecule has 1 atom stereocenters. The minimum absolute atomic E-state index is 0.0478. The second-order valence-electron chi connectivity index (χ2n) is 9.06. The number of nitriles is 1. The predicted octanol–water partition coefficient (Wildman–Crippen LogP) is 4.15. The summed E-state index contributed by atoms with van der Waals surface area (Å²) in [6.45, 7) is 3.71. The van der Waals surface area contributed by atoms with Crippen molar-refractivity contribution in [2.45, 2.75) is 43.7 Å². The highest BCUT2D eigenvalue weighted by Gasteiger charge is 2.31. The Morgan fingerprint density at radius 2 is 1.72 bits per heavy atom. The van der Waals surface area contributed by atoms with Crippen LogP contribution in [0.4, 0.5) is 0 Å². The molecule has 1 N–H and O–H groups in total. The molecule has 1 aromatic heterocycles. The van der Waals surface area contributed by atoms with E-state index in [1.165, 1.54) is 12.1 Å². The van der Waals surface area contributed by atoms with Crippen LogP contribution in [-0.4, -0.2) is 42.9 Å². The van der Waals surface area contributed by atoms with E-state index >= 15 is 0 Å². The summed E-state index contributed by atoms with van der Waals surface area (Å²) in [5.41, 5.74) is 0.463. The molecule has 4 rings (SSSR count). The molecular weight excluding hydrogens is 476 g/mol. The van der Waals surface area contributed by atoms with Crippen molar-refractivity contribution in [1.29, 1.82) is 5.26 Å². The molecule has 1 fully saturated rings. The molecule has 2 aromatic carbocycles.